The van der Waals surface area contributed by atoms with Crippen LogP contribution in [0, 0.1) is 0 Å². The summed E-state index contributed by atoms with van der Waals surface area (Å²) in [7, 11) is -2.01. The number of nitrogens with one attached hydrogen (secondary N) is 1. The van der Waals surface area contributed by atoms with E-state index in [1.54, 1.807) is 7.05 Å². The molecule has 118 valence electrons. The lowest BCUT2D eigenvalue weighted by atomic mass is 10.2. The maximum Gasteiger partial charge on any atom is 0.246 e. The second kappa shape index (κ2) is 6.67. The van der Waals surface area contributed by atoms with Crippen LogP contribution in [0.5, 0.6) is 0 Å². The van der Waals surface area contributed by atoms with Gasteiger partial charge in [0.05, 0.1) is 24.5 Å². The van der Waals surface area contributed by atoms with Crippen molar-refractivity contribution in [2.75, 3.05) is 25.5 Å². The van der Waals surface area contributed by atoms with E-state index in [4.69, 9.17) is 4.74 Å². The minimum absolute atomic E-state index is 0.101. The number of hydrogen-bond donors (Lipinski definition) is 1. The molecule has 21 heavy (non-hydrogen) atoms. The molecule has 2 heterocycles. The Hall–Kier alpha value is -1.25. The zero-order chi connectivity index (χ0) is 15.5. The highest BCUT2D eigenvalue weighted by Crippen LogP contribution is 2.24. The molecular formula is C13H22N4O3S. The van der Waals surface area contributed by atoms with Gasteiger partial charge in [0.2, 0.25) is 16.0 Å². The van der Waals surface area contributed by atoms with E-state index in [0.29, 0.717) is 19.0 Å². The molecule has 0 saturated carbocycles. The minimum Gasteiger partial charge on any atom is -0.377 e. The topological polar surface area (TPSA) is 84.4 Å². The summed E-state index contributed by atoms with van der Waals surface area (Å²) in [4.78, 5) is 8.21. The molecule has 1 aromatic rings. The van der Waals surface area contributed by atoms with Gasteiger partial charge in [-0.25, -0.2) is 18.4 Å². The lowest BCUT2D eigenvalue weighted by Gasteiger charge is -2.25. The third-order valence-corrected chi connectivity index (χ3v) is 5.48. The molecule has 1 N–H and O–H groups in total. The smallest absolute Gasteiger partial charge is 0.246 e. The summed E-state index contributed by atoms with van der Waals surface area (Å²) in [5.41, 5.74) is 0. The van der Waals surface area contributed by atoms with Crippen LogP contribution < -0.4 is 5.32 Å². The SMILES string of the molecule is CCCNc1ncc(S(=O)(=O)N(C)C2CCOC2C)cn1. The summed E-state index contributed by atoms with van der Waals surface area (Å²) < 4.78 is 31.9. The second-order valence-corrected chi connectivity index (χ2v) is 7.12. The van der Waals surface area contributed by atoms with E-state index >= 15 is 0 Å². The summed E-state index contributed by atoms with van der Waals surface area (Å²) >= 11 is 0. The summed E-state index contributed by atoms with van der Waals surface area (Å²) in [5, 5.41) is 3.01. The summed E-state index contributed by atoms with van der Waals surface area (Å²) in [6, 6.07) is -0.145. The molecule has 2 unspecified atom stereocenters. The Morgan fingerprint density at radius 3 is 2.62 bits per heavy atom. The molecule has 1 saturated heterocycles. The minimum atomic E-state index is -3.59. The Kier molecular flexibility index (Phi) is 5.13. The van der Waals surface area contributed by atoms with Crippen molar-refractivity contribution >= 4 is 16.0 Å². The fraction of sp³-hybridized carbons (Fsp3) is 0.692. The third-order valence-electron chi connectivity index (χ3n) is 3.64. The van der Waals surface area contributed by atoms with Gasteiger partial charge in [-0.2, -0.15) is 4.31 Å². The number of ether oxygens (including phenoxy) is 1. The van der Waals surface area contributed by atoms with Gasteiger partial charge in [-0.05, 0) is 19.8 Å². The zero-order valence-corrected chi connectivity index (χ0v) is 13.4. The van der Waals surface area contributed by atoms with Crippen LogP contribution in [-0.4, -0.2) is 55.0 Å². The molecule has 0 radical (unpaired) electrons. The number of hydrogen-bond acceptors (Lipinski definition) is 6. The normalized spacial score (nSPS) is 22.7. The number of rotatable bonds is 6. The maximum absolute atomic E-state index is 12.6. The van der Waals surface area contributed by atoms with Crippen LogP contribution in [0.1, 0.15) is 26.7 Å². The molecule has 8 heteroatoms. The summed E-state index contributed by atoms with van der Waals surface area (Å²) in [6.07, 6.45) is 4.24. The van der Waals surface area contributed by atoms with Crippen molar-refractivity contribution in [3.63, 3.8) is 0 Å². The van der Waals surface area contributed by atoms with Gasteiger partial charge in [0.1, 0.15) is 4.90 Å². The maximum atomic E-state index is 12.6. The average molecular weight is 314 g/mol. The Balaban J connectivity index is 2.15. The standard InChI is InChI=1S/C13H22N4O3S/c1-4-6-14-13-15-8-11(9-16-13)21(18,19)17(3)12-5-7-20-10(12)2/h8-10,12H,4-7H2,1-3H3,(H,14,15,16). The van der Waals surface area contributed by atoms with Gasteiger partial charge in [-0.3, -0.25) is 0 Å². The Morgan fingerprint density at radius 1 is 1.43 bits per heavy atom. The predicted molar refractivity (Wildman–Crippen MR) is 79.6 cm³/mol. The highest BCUT2D eigenvalue weighted by molar-refractivity contribution is 7.89. The fourth-order valence-corrected chi connectivity index (χ4v) is 3.66. The van der Waals surface area contributed by atoms with Crippen molar-refractivity contribution < 1.29 is 13.2 Å². The number of nitrogens with zero attached hydrogens (tertiary/aromatic N) is 3. The molecule has 0 aromatic carbocycles. The number of anilines is 1. The molecule has 1 aliphatic rings. The van der Waals surface area contributed by atoms with Crippen molar-refractivity contribution in [2.24, 2.45) is 0 Å². The first-order chi connectivity index (χ1) is 9.96. The predicted octanol–water partition coefficient (Wildman–Crippen LogP) is 1.10. The van der Waals surface area contributed by atoms with Crippen LogP contribution in [0.3, 0.4) is 0 Å². The van der Waals surface area contributed by atoms with E-state index < -0.39 is 10.0 Å². The van der Waals surface area contributed by atoms with Crippen LogP contribution in [0.15, 0.2) is 17.3 Å². The van der Waals surface area contributed by atoms with Gasteiger partial charge < -0.3 is 10.1 Å². The van der Waals surface area contributed by atoms with Crippen LogP contribution in [0.2, 0.25) is 0 Å². The Bertz CT molecular complexity index is 561. The highest BCUT2D eigenvalue weighted by Gasteiger charge is 2.35. The van der Waals surface area contributed by atoms with E-state index in [1.165, 1.54) is 16.7 Å². The van der Waals surface area contributed by atoms with Crippen LogP contribution >= 0.6 is 0 Å². The first-order valence-electron chi connectivity index (χ1n) is 7.12. The van der Waals surface area contributed by atoms with Gasteiger partial charge in [-0.15, -0.1) is 0 Å². The summed E-state index contributed by atoms with van der Waals surface area (Å²) in [5.74, 6) is 0.441. The quantitative estimate of drug-likeness (QED) is 0.846. The highest BCUT2D eigenvalue weighted by atomic mass is 32.2. The largest absolute Gasteiger partial charge is 0.377 e. The second-order valence-electron chi connectivity index (χ2n) is 5.12. The Morgan fingerprint density at radius 2 is 2.10 bits per heavy atom. The molecule has 0 amide bonds. The molecular weight excluding hydrogens is 292 g/mol. The van der Waals surface area contributed by atoms with Gasteiger partial charge in [-0.1, -0.05) is 6.92 Å². The van der Waals surface area contributed by atoms with Gasteiger partial charge in [0, 0.05) is 20.2 Å². The van der Waals surface area contributed by atoms with Crippen molar-refractivity contribution in [1.29, 1.82) is 0 Å². The monoisotopic (exact) mass is 314 g/mol. The molecule has 1 aromatic heterocycles. The molecule has 0 bridgehead atoms. The lowest BCUT2D eigenvalue weighted by molar-refractivity contribution is 0.102. The summed E-state index contributed by atoms with van der Waals surface area (Å²) in [6.45, 7) is 5.26. The van der Waals surface area contributed by atoms with Crippen molar-refractivity contribution in [3.8, 4) is 0 Å². The lowest BCUT2D eigenvalue weighted by Crippen LogP contribution is -2.41. The molecule has 2 rings (SSSR count). The van der Waals surface area contributed by atoms with Crippen molar-refractivity contribution in [2.45, 2.75) is 43.7 Å². The van der Waals surface area contributed by atoms with Crippen LogP contribution in [-0.2, 0) is 14.8 Å². The van der Waals surface area contributed by atoms with Crippen molar-refractivity contribution in [3.05, 3.63) is 12.4 Å². The fourth-order valence-electron chi connectivity index (χ4n) is 2.32. The van der Waals surface area contributed by atoms with Gasteiger partial charge in [0.15, 0.2) is 0 Å². The molecule has 7 nitrogen and oxygen atoms in total. The van der Waals surface area contributed by atoms with Crippen LogP contribution in [0.4, 0.5) is 5.95 Å². The van der Waals surface area contributed by atoms with E-state index in [1.807, 2.05) is 13.8 Å². The molecule has 1 aliphatic heterocycles. The van der Waals surface area contributed by atoms with E-state index in [-0.39, 0.29) is 17.0 Å². The zero-order valence-electron chi connectivity index (χ0n) is 12.6. The van der Waals surface area contributed by atoms with E-state index in [0.717, 1.165) is 13.0 Å². The molecule has 2 atom stereocenters. The molecule has 0 spiro atoms. The molecule has 0 aliphatic carbocycles. The first kappa shape index (κ1) is 16.1. The van der Waals surface area contributed by atoms with Crippen molar-refractivity contribution in [1.82, 2.24) is 14.3 Å². The van der Waals surface area contributed by atoms with Gasteiger partial charge in [0.25, 0.3) is 0 Å². The van der Waals surface area contributed by atoms with E-state index in [2.05, 4.69) is 15.3 Å². The number of aromatic nitrogens is 2. The number of sulfonamides is 1. The molecule has 1 fully saturated rings. The average Bonchev–Trinajstić information content (AvgIpc) is 2.90. The van der Waals surface area contributed by atoms with Crippen LogP contribution in [0.25, 0.3) is 0 Å². The first-order valence-corrected chi connectivity index (χ1v) is 8.56. The third kappa shape index (κ3) is 3.50. The van der Waals surface area contributed by atoms with E-state index in [9.17, 15) is 8.42 Å². The Labute approximate surface area is 125 Å². The van der Waals surface area contributed by atoms with Gasteiger partial charge >= 0.3 is 0 Å². The number of likely N-dealkylation sites (N-methyl/N-ethyl adjacent to an activating group) is 1.